The average Bonchev–Trinajstić information content (AvgIpc) is 2.04. The maximum Gasteiger partial charge on any atom is 0.120 e. The van der Waals surface area contributed by atoms with Crippen molar-refractivity contribution in [2.45, 2.75) is 38.3 Å². The lowest BCUT2D eigenvalue weighted by molar-refractivity contribution is 0.293. The van der Waals surface area contributed by atoms with Crippen LogP contribution in [0.25, 0.3) is 0 Å². The third-order valence-electron chi connectivity index (χ3n) is 2.39. The highest BCUT2D eigenvalue weighted by Gasteiger charge is 2.32. The van der Waals surface area contributed by atoms with Crippen LogP contribution < -0.4 is 0 Å². The summed E-state index contributed by atoms with van der Waals surface area (Å²) in [6.45, 7) is 1.95. The van der Waals surface area contributed by atoms with Crippen molar-refractivity contribution < 1.29 is 0 Å². The lowest BCUT2D eigenvalue weighted by atomic mass is 9.83. The first-order valence-electron chi connectivity index (χ1n) is 3.94. The Morgan fingerprint density at radius 1 is 1.18 bits per heavy atom. The van der Waals surface area contributed by atoms with Gasteiger partial charge in [-0.25, -0.2) is 0 Å². The summed E-state index contributed by atoms with van der Waals surface area (Å²) in [6, 6.07) is -0.738. The van der Waals surface area contributed by atoms with Gasteiger partial charge in [-0.1, -0.05) is 23.7 Å². The predicted octanol–water partition coefficient (Wildman–Crippen LogP) is 2.08. The summed E-state index contributed by atoms with van der Waals surface area (Å²) in [5.74, 6) is 0.226. The number of nitroso groups, excluding NO2 is 2. The van der Waals surface area contributed by atoms with Gasteiger partial charge >= 0.3 is 0 Å². The summed E-state index contributed by atoms with van der Waals surface area (Å²) in [6.07, 6.45) is 2.70. The highest BCUT2D eigenvalue weighted by Crippen LogP contribution is 2.28. The molecule has 4 nitrogen and oxygen atoms in total. The van der Waals surface area contributed by atoms with Gasteiger partial charge in [-0.15, -0.1) is 0 Å². The fraction of sp³-hybridized carbons (Fsp3) is 1.00. The zero-order valence-electron chi connectivity index (χ0n) is 6.56. The van der Waals surface area contributed by atoms with Crippen molar-refractivity contribution in [1.29, 1.82) is 0 Å². The Labute approximate surface area is 65.3 Å². The SMILES string of the molecule is CC1CCCC(N=O)C1N=O. The van der Waals surface area contributed by atoms with Crippen LogP contribution in [0.1, 0.15) is 26.2 Å². The molecule has 1 fully saturated rings. The van der Waals surface area contributed by atoms with Crippen LogP contribution in [-0.4, -0.2) is 12.1 Å². The van der Waals surface area contributed by atoms with Gasteiger partial charge in [0.1, 0.15) is 12.1 Å². The number of rotatable bonds is 2. The molecular formula is C7H12N2O2. The minimum absolute atomic E-state index is 0.226. The first kappa shape index (κ1) is 8.30. The Hall–Kier alpha value is -0.800. The van der Waals surface area contributed by atoms with E-state index in [2.05, 4.69) is 10.4 Å². The molecule has 0 aromatic heterocycles. The summed E-state index contributed by atoms with van der Waals surface area (Å²) in [5, 5.41) is 5.84. The molecule has 3 unspecified atom stereocenters. The molecule has 0 spiro atoms. The van der Waals surface area contributed by atoms with Crippen molar-refractivity contribution in [3.63, 3.8) is 0 Å². The van der Waals surface area contributed by atoms with E-state index in [-0.39, 0.29) is 18.0 Å². The van der Waals surface area contributed by atoms with Gasteiger partial charge in [-0.05, 0) is 18.8 Å². The van der Waals surface area contributed by atoms with Crippen LogP contribution in [0.4, 0.5) is 0 Å². The summed E-state index contributed by atoms with van der Waals surface area (Å²) in [7, 11) is 0. The number of hydrogen-bond donors (Lipinski definition) is 0. The molecule has 1 aliphatic rings. The quantitative estimate of drug-likeness (QED) is 0.574. The molecule has 0 heterocycles. The van der Waals surface area contributed by atoms with Gasteiger partial charge in [0.15, 0.2) is 0 Å². The van der Waals surface area contributed by atoms with Crippen molar-refractivity contribution in [2.75, 3.05) is 0 Å². The third kappa shape index (κ3) is 1.61. The molecule has 3 atom stereocenters. The minimum Gasteiger partial charge on any atom is -0.150 e. The molecule has 0 aromatic carbocycles. The van der Waals surface area contributed by atoms with E-state index in [1.807, 2.05) is 6.92 Å². The molecule has 0 aromatic rings. The van der Waals surface area contributed by atoms with Crippen LogP contribution in [0.2, 0.25) is 0 Å². The van der Waals surface area contributed by atoms with Crippen LogP contribution in [0, 0.1) is 15.7 Å². The summed E-state index contributed by atoms with van der Waals surface area (Å²) >= 11 is 0. The highest BCUT2D eigenvalue weighted by atomic mass is 16.3. The second-order valence-corrected chi connectivity index (χ2v) is 3.18. The van der Waals surface area contributed by atoms with Gasteiger partial charge in [0.2, 0.25) is 0 Å². The molecule has 1 saturated carbocycles. The maximum atomic E-state index is 10.3. The minimum atomic E-state index is -0.374. The predicted molar refractivity (Wildman–Crippen MR) is 42.2 cm³/mol. The Morgan fingerprint density at radius 3 is 2.36 bits per heavy atom. The van der Waals surface area contributed by atoms with Crippen LogP contribution in [0.3, 0.4) is 0 Å². The smallest absolute Gasteiger partial charge is 0.120 e. The summed E-state index contributed by atoms with van der Waals surface area (Å²) in [5.41, 5.74) is 0. The molecule has 62 valence electrons. The van der Waals surface area contributed by atoms with E-state index in [4.69, 9.17) is 0 Å². The molecular weight excluding hydrogens is 144 g/mol. The fourth-order valence-electron chi connectivity index (χ4n) is 1.66. The van der Waals surface area contributed by atoms with Crippen molar-refractivity contribution >= 4 is 0 Å². The van der Waals surface area contributed by atoms with Gasteiger partial charge in [0.05, 0.1) is 0 Å². The van der Waals surface area contributed by atoms with E-state index in [9.17, 15) is 9.81 Å². The lowest BCUT2D eigenvalue weighted by Crippen LogP contribution is -2.32. The molecule has 1 rings (SSSR count). The van der Waals surface area contributed by atoms with Crippen molar-refractivity contribution in [3.8, 4) is 0 Å². The molecule has 0 radical (unpaired) electrons. The summed E-state index contributed by atoms with van der Waals surface area (Å²) < 4.78 is 0. The first-order valence-corrected chi connectivity index (χ1v) is 3.94. The largest absolute Gasteiger partial charge is 0.150 e. The molecule has 0 bridgehead atoms. The second kappa shape index (κ2) is 3.55. The molecule has 1 aliphatic carbocycles. The number of nitrogens with zero attached hydrogens (tertiary/aromatic N) is 2. The topological polar surface area (TPSA) is 58.9 Å². The maximum absolute atomic E-state index is 10.3. The summed E-state index contributed by atoms with van der Waals surface area (Å²) in [4.78, 5) is 20.5. The van der Waals surface area contributed by atoms with E-state index in [1.54, 1.807) is 0 Å². The van der Waals surface area contributed by atoms with Crippen LogP contribution in [0.15, 0.2) is 10.4 Å². The average molecular weight is 156 g/mol. The Bertz CT molecular complexity index is 161. The lowest BCUT2D eigenvalue weighted by Gasteiger charge is -2.26. The van der Waals surface area contributed by atoms with Crippen LogP contribution >= 0.6 is 0 Å². The van der Waals surface area contributed by atoms with Crippen LogP contribution in [-0.2, 0) is 0 Å². The first-order chi connectivity index (χ1) is 5.29. The molecule has 0 amide bonds. The Balaban J connectivity index is 2.62. The van der Waals surface area contributed by atoms with Gasteiger partial charge < -0.3 is 0 Å². The van der Waals surface area contributed by atoms with Gasteiger partial charge in [0, 0.05) is 0 Å². The standard InChI is InChI=1S/C7H12N2O2/c1-5-3-2-4-6(8-10)7(5)9-11/h5-7H,2-4H2,1H3. The van der Waals surface area contributed by atoms with E-state index >= 15 is 0 Å². The molecule has 0 saturated heterocycles. The van der Waals surface area contributed by atoms with Crippen LogP contribution in [0.5, 0.6) is 0 Å². The fourth-order valence-corrected chi connectivity index (χ4v) is 1.66. The van der Waals surface area contributed by atoms with E-state index in [1.165, 1.54) is 0 Å². The zero-order valence-corrected chi connectivity index (χ0v) is 6.56. The van der Waals surface area contributed by atoms with Crippen molar-refractivity contribution in [3.05, 3.63) is 9.81 Å². The molecule has 0 N–H and O–H groups in total. The second-order valence-electron chi connectivity index (χ2n) is 3.18. The van der Waals surface area contributed by atoms with Crippen molar-refractivity contribution in [2.24, 2.45) is 16.3 Å². The van der Waals surface area contributed by atoms with E-state index < -0.39 is 0 Å². The monoisotopic (exact) mass is 156 g/mol. The van der Waals surface area contributed by atoms with E-state index in [0.29, 0.717) is 0 Å². The van der Waals surface area contributed by atoms with Gasteiger partial charge in [-0.2, -0.15) is 9.81 Å². The zero-order chi connectivity index (χ0) is 8.27. The Morgan fingerprint density at radius 2 is 1.91 bits per heavy atom. The Kier molecular flexibility index (Phi) is 2.68. The van der Waals surface area contributed by atoms with Gasteiger partial charge in [0.25, 0.3) is 0 Å². The number of hydrogen-bond acceptors (Lipinski definition) is 4. The van der Waals surface area contributed by atoms with Crippen molar-refractivity contribution in [1.82, 2.24) is 0 Å². The highest BCUT2D eigenvalue weighted by molar-refractivity contribution is 4.89. The molecule has 11 heavy (non-hydrogen) atoms. The molecule has 4 heteroatoms. The molecule has 0 aliphatic heterocycles. The van der Waals surface area contributed by atoms with E-state index in [0.717, 1.165) is 19.3 Å². The van der Waals surface area contributed by atoms with Gasteiger partial charge in [-0.3, -0.25) is 0 Å². The normalized spacial score (nSPS) is 38.1. The third-order valence-corrected chi connectivity index (χ3v) is 2.39.